The van der Waals surface area contributed by atoms with Crippen molar-refractivity contribution < 1.29 is 4.42 Å². The molecule has 2 nitrogen and oxygen atoms in total. The zero-order chi connectivity index (χ0) is 10.7. The zero-order valence-electron chi connectivity index (χ0n) is 8.86. The first kappa shape index (κ1) is 10.3. The quantitative estimate of drug-likeness (QED) is 0.737. The Morgan fingerprint density at radius 3 is 2.53 bits per heavy atom. The van der Waals surface area contributed by atoms with Crippen LogP contribution >= 0.6 is 11.8 Å². The normalized spacial score (nSPS) is 10.5. The molecule has 0 spiro atoms. The molecular formula is C12H13NOS. The summed E-state index contributed by atoms with van der Waals surface area (Å²) in [6.07, 6.45) is 4.69. The molecule has 0 amide bonds. The Morgan fingerprint density at radius 1 is 1.27 bits per heavy atom. The number of aromatic nitrogens is 1. The molecule has 78 valence electrons. The van der Waals surface area contributed by atoms with Crippen molar-refractivity contribution in [1.29, 1.82) is 0 Å². The van der Waals surface area contributed by atoms with Crippen LogP contribution in [0.5, 0.6) is 0 Å². The molecule has 0 aliphatic heterocycles. The maximum absolute atomic E-state index is 5.57. The predicted molar refractivity (Wildman–Crippen MR) is 63.1 cm³/mol. The Hall–Kier alpha value is -1.22. The van der Waals surface area contributed by atoms with E-state index >= 15 is 0 Å². The molecule has 0 bridgehead atoms. The Morgan fingerprint density at radius 2 is 2.00 bits per heavy atom. The molecule has 0 aliphatic carbocycles. The van der Waals surface area contributed by atoms with Gasteiger partial charge in [0.2, 0.25) is 0 Å². The van der Waals surface area contributed by atoms with E-state index in [0.29, 0.717) is 0 Å². The number of rotatable bonds is 3. The fourth-order valence-corrected chi connectivity index (χ4v) is 1.77. The van der Waals surface area contributed by atoms with Crippen molar-refractivity contribution in [3.05, 3.63) is 36.4 Å². The summed E-state index contributed by atoms with van der Waals surface area (Å²) in [4.78, 5) is 5.44. The topological polar surface area (TPSA) is 26.0 Å². The van der Waals surface area contributed by atoms with Gasteiger partial charge in [0.05, 0.1) is 6.20 Å². The number of hydrogen-bond donors (Lipinski definition) is 0. The third kappa shape index (κ3) is 2.23. The molecule has 0 N–H and O–H groups in total. The molecule has 1 aromatic carbocycles. The molecule has 1 aromatic heterocycles. The summed E-state index contributed by atoms with van der Waals surface area (Å²) in [5, 5.41) is 0. The Labute approximate surface area is 93.7 Å². The van der Waals surface area contributed by atoms with Gasteiger partial charge in [0.1, 0.15) is 0 Å². The van der Waals surface area contributed by atoms with Crippen LogP contribution in [-0.2, 0) is 6.42 Å². The van der Waals surface area contributed by atoms with E-state index in [1.165, 1.54) is 4.90 Å². The van der Waals surface area contributed by atoms with E-state index < -0.39 is 0 Å². The number of hydrogen-bond acceptors (Lipinski definition) is 3. The summed E-state index contributed by atoms with van der Waals surface area (Å²) >= 11 is 1.74. The maximum atomic E-state index is 5.57. The highest BCUT2D eigenvalue weighted by molar-refractivity contribution is 7.98. The lowest BCUT2D eigenvalue weighted by atomic mass is 10.2. The molecule has 0 unspecified atom stereocenters. The molecule has 0 saturated carbocycles. The van der Waals surface area contributed by atoms with Crippen molar-refractivity contribution in [3.63, 3.8) is 0 Å². The minimum atomic E-state index is 0.791. The van der Waals surface area contributed by atoms with Crippen molar-refractivity contribution in [2.75, 3.05) is 6.26 Å². The summed E-state index contributed by atoms with van der Waals surface area (Å²) in [5.41, 5.74) is 1.08. The number of oxazole rings is 1. The first-order valence-electron chi connectivity index (χ1n) is 4.92. The molecule has 1 heterocycles. The SMILES string of the molecule is CCc1ncc(-c2ccc(SC)cc2)o1. The summed E-state index contributed by atoms with van der Waals surface area (Å²) in [7, 11) is 0. The lowest BCUT2D eigenvalue weighted by Crippen LogP contribution is -1.75. The smallest absolute Gasteiger partial charge is 0.194 e. The van der Waals surface area contributed by atoms with Crippen LogP contribution in [0, 0.1) is 0 Å². The monoisotopic (exact) mass is 219 g/mol. The van der Waals surface area contributed by atoms with Crippen molar-refractivity contribution in [3.8, 4) is 11.3 Å². The third-order valence-electron chi connectivity index (χ3n) is 2.23. The molecule has 3 heteroatoms. The van der Waals surface area contributed by atoms with Gasteiger partial charge in [0.15, 0.2) is 11.7 Å². The highest BCUT2D eigenvalue weighted by Crippen LogP contribution is 2.23. The van der Waals surface area contributed by atoms with Crippen LogP contribution in [0.25, 0.3) is 11.3 Å². The molecule has 0 atom stereocenters. The van der Waals surface area contributed by atoms with Crippen LogP contribution in [0.3, 0.4) is 0 Å². The molecule has 2 rings (SSSR count). The van der Waals surface area contributed by atoms with Gasteiger partial charge in [-0.25, -0.2) is 4.98 Å². The van der Waals surface area contributed by atoms with Crippen molar-refractivity contribution >= 4 is 11.8 Å². The van der Waals surface area contributed by atoms with Crippen LogP contribution in [0.1, 0.15) is 12.8 Å². The molecule has 0 saturated heterocycles. The summed E-state index contributed by atoms with van der Waals surface area (Å²) in [5.74, 6) is 1.64. The van der Waals surface area contributed by atoms with Gasteiger partial charge in [-0.05, 0) is 18.4 Å². The molecule has 15 heavy (non-hydrogen) atoms. The number of nitrogens with zero attached hydrogens (tertiary/aromatic N) is 1. The standard InChI is InChI=1S/C12H13NOS/c1-3-12-13-8-11(14-12)9-4-6-10(15-2)7-5-9/h4-8H,3H2,1-2H3. The fourth-order valence-electron chi connectivity index (χ4n) is 1.36. The Bertz CT molecular complexity index is 433. The van der Waals surface area contributed by atoms with Gasteiger partial charge in [-0.15, -0.1) is 11.8 Å². The second kappa shape index (κ2) is 4.53. The van der Waals surface area contributed by atoms with Gasteiger partial charge in [-0.1, -0.05) is 19.1 Å². The number of aryl methyl sites for hydroxylation is 1. The average molecular weight is 219 g/mol. The van der Waals surface area contributed by atoms with Crippen LogP contribution in [-0.4, -0.2) is 11.2 Å². The molecular weight excluding hydrogens is 206 g/mol. The van der Waals surface area contributed by atoms with E-state index in [1.54, 1.807) is 18.0 Å². The average Bonchev–Trinajstić information content (AvgIpc) is 2.78. The predicted octanol–water partition coefficient (Wildman–Crippen LogP) is 3.63. The van der Waals surface area contributed by atoms with Gasteiger partial charge in [-0.3, -0.25) is 0 Å². The zero-order valence-corrected chi connectivity index (χ0v) is 9.67. The summed E-state index contributed by atoms with van der Waals surface area (Å²) in [6, 6.07) is 8.31. The van der Waals surface area contributed by atoms with Crippen LogP contribution in [0.4, 0.5) is 0 Å². The van der Waals surface area contributed by atoms with E-state index in [0.717, 1.165) is 23.6 Å². The lowest BCUT2D eigenvalue weighted by Gasteiger charge is -1.98. The maximum Gasteiger partial charge on any atom is 0.194 e. The van der Waals surface area contributed by atoms with E-state index in [-0.39, 0.29) is 0 Å². The van der Waals surface area contributed by atoms with Crippen molar-refractivity contribution in [2.45, 2.75) is 18.2 Å². The van der Waals surface area contributed by atoms with Crippen LogP contribution < -0.4 is 0 Å². The summed E-state index contributed by atoms with van der Waals surface area (Å²) in [6.45, 7) is 2.03. The summed E-state index contributed by atoms with van der Waals surface area (Å²) < 4.78 is 5.57. The molecule has 0 fully saturated rings. The van der Waals surface area contributed by atoms with Crippen LogP contribution in [0.2, 0.25) is 0 Å². The van der Waals surface area contributed by atoms with E-state index in [2.05, 4.69) is 35.5 Å². The minimum absolute atomic E-state index is 0.791. The van der Waals surface area contributed by atoms with Gasteiger partial charge in [0, 0.05) is 16.9 Å². The van der Waals surface area contributed by atoms with Gasteiger partial charge in [0.25, 0.3) is 0 Å². The van der Waals surface area contributed by atoms with Crippen molar-refractivity contribution in [1.82, 2.24) is 4.98 Å². The second-order valence-corrected chi connectivity index (χ2v) is 4.08. The molecule has 0 aliphatic rings. The Balaban J connectivity index is 2.28. The molecule has 0 radical (unpaired) electrons. The number of thioether (sulfide) groups is 1. The fraction of sp³-hybridized carbons (Fsp3) is 0.250. The first-order chi connectivity index (χ1) is 7.33. The lowest BCUT2D eigenvalue weighted by molar-refractivity contribution is 0.514. The van der Waals surface area contributed by atoms with Gasteiger partial charge >= 0.3 is 0 Å². The number of benzene rings is 1. The van der Waals surface area contributed by atoms with E-state index in [4.69, 9.17) is 4.42 Å². The van der Waals surface area contributed by atoms with Crippen molar-refractivity contribution in [2.24, 2.45) is 0 Å². The first-order valence-corrected chi connectivity index (χ1v) is 6.15. The third-order valence-corrected chi connectivity index (χ3v) is 2.97. The van der Waals surface area contributed by atoms with E-state index in [1.807, 2.05) is 6.92 Å². The highest BCUT2D eigenvalue weighted by atomic mass is 32.2. The second-order valence-electron chi connectivity index (χ2n) is 3.20. The molecule has 2 aromatic rings. The van der Waals surface area contributed by atoms with E-state index in [9.17, 15) is 0 Å². The van der Waals surface area contributed by atoms with Crippen LogP contribution in [0.15, 0.2) is 39.8 Å². The minimum Gasteiger partial charge on any atom is -0.441 e. The highest BCUT2D eigenvalue weighted by Gasteiger charge is 2.04. The Kier molecular flexibility index (Phi) is 3.11. The largest absolute Gasteiger partial charge is 0.441 e. The van der Waals surface area contributed by atoms with Gasteiger partial charge in [-0.2, -0.15) is 0 Å². The van der Waals surface area contributed by atoms with Gasteiger partial charge < -0.3 is 4.42 Å².